The number of ether oxygens (including phenoxy) is 1. The average molecular weight is 398 g/mol. The Balaban J connectivity index is 1.90. The zero-order valence-corrected chi connectivity index (χ0v) is 16.6. The van der Waals surface area contributed by atoms with Crippen LogP contribution in [-0.2, 0) is 16.6 Å². The highest BCUT2D eigenvalue weighted by Crippen LogP contribution is 2.25. The third-order valence-electron chi connectivity index (χ3n) is 4.27. The van der Waals surface area contributed by atoms with E-state index in [1.54, 1.807) is 25.1 Å². The summed E-state index contributed by atoms with van der Waals surface area (Å²) >= 11 is 0. The van der Waals surface area contributed by atoms with Gasteiger partial charge in [0.15, 0.2) is 0 Å². The highest BCUT2D eigenvalue weighted by molar-refractivity contribution is 7.89. The quantitative estimate of drug-likeness (QED) is 0.536. The normalized spacial score (nSPS) is 11.5. The third kappa shape index (κ3) is 4.16. The number of aryl methyl sites for hydroxylation is 1. The fraction of sp³-hybridized carbons (Fsp3) is 0.190. The van der Waals surface area contributed by atoms with Crippen LogP contribution < -0.4 is 4.74 Å². The summed E-state index contributed by atoms with van der Waals surface area (Å²) in [4.78, 5) is 4.69. The second-order valence-electron chi connectivity index (χ2n) is 6.15. The summed E-state index contributed by atoms with van der Waals surface area (Å²) in [6, 6.07) is 15.8. The number of sulfonamides is 1. The Bertz CT molecular complexity index is 1040. The van der Waals surface area contributed by atoms with Gasteiger partial charge in [-0.3, -0.25) is 0 Å². The zero-order chi connectivity index (χ0) is 20.1. The van der Waals surface area contributed by atoms with Crippen molar-refractivity contribution in [2.24, 2.45) is 0 Å². The van der Waals surface area contributed by atoms with Gasteiger partial charge in [-0.25, -0.2) is 13.4 Å². The molecular formula is C21H22N2O4S. The van der Waals surface area contributed by atoms with Crippen molar-refractivity contribution in [1.29, 1.82) is 0 Å². The van der Waals surface area contributed by atoms with Gasteiger partial charge in [-0.2, -0.15) is 4.31 Å². The molecule has 1 aromatic heterocycles. The fourth-order valence-electron chi connectivity index (χ4n) is 2.73. The molecule has 0 aliphatic rings. The first-order valence-corrected chi connectivity index (χ1v) is 10.2. The van der Waals surface area contributed by atoms with Gasteiger partial charge in [0.05, 0.1) is 24.2 Å². The van der Waals surface area contributed by atoms with Gasteiger partial charge in [0.2, 0.25) is 15.9 Å². The number of benzene rings is 2. The predicted octanol–water partition coefficient (Wildman–Crippen LogP) is 4.04. The van der Waals surface area contributed by atoms with Crippen LogP contribution in [-0.4, -0.2) is 31.4 Å². The lowest BCUT2D eigenvalue weighted by atomic mass is 10.2. The van der Waals surface area contributed by atoms with Crippen molar-refractivity contribution in [1.82, 2.24) is 9.29 Å². The van der Waals surface area contributed by atoms with E-state index < -0.39 is 10.0 Å². The van der Waals surface area contributed by atoms with E-state index in [4.69, 9.17) is 9.15 Å². The van der Waals surface area contributed by atoms with Crippen LogP contribution in [0.1, 0.15) is 11.5 Å². The standard InChI is InChI=1S/C21H22N2O4S/c1-4-14-23(28(24,25)19-12-10-18(26-3)11-13-19)15-20-16(2)27-21(22-20)17-8-6-5-7-9-17/h4-13H,1,14-15H2,2-3H3. The van der Waals surface area contributed by atoms with Gasteiger partial charge in [-0.05, 0) is 43.3 Å². The molecule has 146 valence electrons. The number of oxazole rings is 1. The monoisotopic (exact) mass is 398 g/mol. The predicted molar refractivity (Wildman–Crippen MR) is 107 cm³/mol. The van der Waals surface area contributed by atoms with E-state index in [0.29, 0.717) is 23.1 Å². The number of nitrogens with zero attached hydrogens (tertiary/aromatic N) is 2. The molecule has 0 atom stereocenters. The van der Waals surface area contributed by atoms with E-state index in [0.717, 1.165) is 5.56 Å². The van der Waals surface area contributed by atoms with Crippen molar-refractivity contribution in [3.8, 4) is 17.2 Å². The summed E-state index contributed by atoms with van der Waals surface area (Å²) in [5, 5.41) is 0. The maximum atomic E-state index is 13.1. The molecule has 7 heteroatoms. The van der Waals surface area contributed by atoms with Crippen molar-refractivity contribution in [3.05, 3.63) is 78.7 Å². The molecule has 0 saturated carbocycles. The number of hydrogen-bond acceptors (Lipinski definition) is 5. The minimum atomic E-state index is -3.73. The summed E-state index contributed by atoms with van der Waals surface area (Å²) in [5.74, 6) is 1.64. The van der Waals surface area contributed by atoms with Gasteiger partial charge in [-0.15, -0.1) is 6.58 Å². The number of methoxy groups -OCH3 is 1. The van der Waals surface area contributed by atoms with Crippen molar-refractivity contribution in [2.75, 3.05) is 13.7 Å². The summed E-state index contributed by atoms with van der Waals surface area (Å²) in [7, 11) is -2.20. The van der Waals surface area contributed by atoms with Gasteiger partial charge < -0.3 is 9.15 Å². The molecule has 0 aliphatic heterocycles. The Kier molecular flexibility index (Phi) is 5.96. The van der Waals surface area contributed by atoms with Crippen LogP contribution in [0.2, 0.25) is 0 Å². The summed E-state index contributed by atoms with van der Waals surface area (Å²) in [5.41, 5.74) is 1.41. The van der Waals surface area contributed by atoms with E-state index in [9.17, 15) is 8.42 Å². The lowest BCUT2D eigenvalue weighted by Gasteiger charge is -2.20. The van der Waals surface area contributed by atoms with E-state index in [1.165, 1.54) is 23.5 Å². The molecule has 3 rings (SSSR count). The number of aromatic nitrogens is 1. The molecule has 0 unspecified atom stereocenters. The van der Waals surface area contributed by atoms with Crippen molar-refractivity contribution >= 4 is 10.0 Å². The SMILES string of the molecule is C=CCN(Cc1nc(-c2ccccc2)oc1C)S(=O)(=O)c1ccc(OC)cc1. The van der Waals surface area contributed by atoms with Crippen LogP contribution in [0, 0.1) is 6.92 Å². The van der Waals surface area contributed by atoms with Crippen LogP contribution >= 0.6 is 0 Å². The Morgan fingerprint density at radius 1 is 1.14 bits per heavy atom. The van der Waals surface area contributed by atoms with Gasteiger partial charge in [0, 0.05) is 12.1 Å². The molecule has 0 bridgehead atoms. The molecule has 0 spiro atoms. The average Bonchev–Trinajstić information content (AvgIpc) is 3.09. The van der Waals surface area contributed by atoms with Gasteiger partial charge >= 0.3 is 0 Å². The van der Waals surface area contributed by atoms with E-state index in [1.807, 2.05) is 30.3 Å². The summed E-state index contributed by atoms with van der Waals surface area (Å²) in [6.07, 6.45) is 1.55. The second kappa shape index (κ2) is 8.41. The second-order valence-corrected chi connectivity index (χ2v) is 8.09. The van der Waals surface area contributed by atoms with Gasteiger partial charge in [-0.1, -0.05) is 24.3 Å². The molecule has 1 heterocycles. The molecule has 3 aromatic rings. The Morgan fingerprint density at radius 2 is 1.82 bits per heavy atom. The van der Waals surface area contributed by atoms with Crippen LogP contribution in [0.25, 0.3) is 11.5 Å². The number of hydrogen-bond donors (Lipinski definition) is 0. The minimum absolute atomic E-state index is 0.0859. The molecule has 0 radical (unpaired) electrons. The van der Waals surface area contributed by atoms with Crippen LogP contribution in [0.5, 0.6) is 5.75 Å². The fourth-order valence-corrected chi connectivity index (χ4v) is 4.11. The lowest BCUT2D eigenvalue weighted by molar-refractivity contribution is 0.413. The number of rotatable bonds is 8. The molecular weight excluding hydrogens is 376 g/mol. The maximum Gasteiger partial charge on any atom is 0.243 e. The van der Waals surface area contributed by atoms with Crippen molar-refractivity contribution < 1.29 is 17.6 Å². The molecule has 0 aliphatic carbocycles. The topological polar surface area (TPSA) is 72.6 Å². The minimum Gasteiger partial charge on any atom is -0.497 e. The van der Waals surface area contributed by atoms with Crippen molar-refractivity contribution in [3.63, 3.8) is 0 Å². The molecule has 0 N–H and O–H groups in total. The Morgan fingerprint density at radius 3 is 2.43 bits per heavy atom. The largest absolute Gasteiger partial charge is 0.497 e. The molecule has 6 nitrogen and oxygen atoms in total. The first-order chi connectivity index (χ1) is 13.5. The van der Waals surface area contributed by atoms with Crippen LogP contribution in [0.3, 0.4) is 0 Å². The van der Waals surface area contributed by atoms with E-state index >= 15 is 0 Å². The first-order valence-electron chi connectivity index (χ1n) is 8.72. The third-order valence-corrected chi connectivity index (χ3v) is 6.10. The van der Waals surface area contributed by atoms with E-state index in [2.05, 4.69) is 11.6 Å². The Hall–Kier alpha value is -2.90. The van der Waals surface area contributed by atoms with Crippen LogP contribution in [0.15, 0.2) is 76.6 Å². The molecule has 0 saturated heterocycles. The summed E-state index contributed by atoms with van der Waals surface area (Å²) < 4.78 is 38.4. The summed E-state index contributed by atoms with van der Waals surface area (Å²) in [6.45, 7) is 5.70. The first kappa shape index (κ1) is 19.9. The maximum absolute atomic E-state index is 13.1. The highest BCUT2D eigenvalue weighted by Gasteiger charge is 2.26. The Labute approximate surface area is 165 Å². The smallest absolute Gasteiger partial charge is 0.243 e. The molecule has 0 amide bonds. The zero-order valence-electron chi connectivity index (χ0n) is 15.8. The molecule has 2 aromatic carbocycles. The molecule has 0 fully saturated rings. The van der Waals surface area contributed by atoms with Gasteiger partial charge in [0.25, 0.3) is 0 Å². The molecule has 28 heavy (non-hydrogen) atoms. The van der Waals surface area contributed by atoms with Crippen molar-refractivity contribution in [2.45, 2.75) is 18.4 Å². The lowest BCUT2D eigenvalue weighted by Crippen LogP contribution is -2.31. The van der Waals surface area contributed by atoms with Crippen LogP contribution in [0.4, 0.5) is 0 Å². The van der Waals surface area contributed by atoms with E-state index in [-0.39, 0.29) is 18.0 Å². The van der Waals surface area contributed by atoms with Gasteiger partial charge in [0.1, 0.15) is 11.5 Å². The highest BCUT2D eigenvalue weighted by atomic mass is 32.2.